The van der Waals surface area contributed by atoms with Gasteiger partial charge in [-0.15, -0.1) is 0 Å². The van der Waals surface area contributed by atoms with E-state index in [0.717, 1.165) is 48.0 Å². The van der Waals surface area contributed by atoms with Crippen LogP contribution in [0.4, 0.5) is 0 Å². The minimum atomic E-state index is 0.0687. The lowest BCUT2D eigenvalue weighted by atomic mass is 9.94. The van der Waals surface area contributed by atoms with Crippen LogP contribution in [0.25, 0.3) is 10.9 Å². The number of aryl methyl sites for hydroxylation is 1. The lowest BCUT2D eigenvalue weighted by molar-refractivity contribution is 0.168. The number of fused-ring (bicyclic) bond motifs is 4. The Balaban J connectivity index is 1.47. The third kappa shape index (κ3) is 2.77. The molecule has 2 aromatic heterocycles. The smallest absolute Gasteiger partial charge is 0.231 e. The van der Waals surface area contributed by atoms with E-state index in [0.29, 0.717) is 6.79 Å². The van der Waals surface area contributed by atoms with Crippen LogP contribution in [0.15, 0.2) is 60.7 Å². The van der Waals surface area contributed by atoms with Gasteiger partial charge in [-0.2, -0.15) is 0 Å². The Morgan fingerprint density at radius 1 is 1.03 bits per heavy atom. The summed E-state index contributed by atoms with van der Waals surface area (Å²) in [7, 11) is 0. The molecule has 0 bridgehead atoms. The summed E-state index contributed by atoms with van der Waals surface area (Å²) in [6, 6.07) is 21.1. The molecule has 2 aliphatic heterocycles. The molecule has 0 saturated carbocycles. The van der Waals surface area contributed by atoms with Gasteiger partial charge in [-0.25, -0.2) is 0 Å². The summed E-state index contributed by atoms with van der Waals surface area (Å²) < 4.78 is 11.4. The number of para-hydroxylation sites is 2. The van der Waals surface area contributed by atoms with E-state index in [-0.39, 0.29) is 6.04 Å². The highest BCUT2D eigenvalue weighted by atomic mass is 16.7. The number of H-pyrrole nitrogens is 1. The highest BCUT2D eigenvalue weighted by Gasteiger charge is 2.33. The summed E-state index contributed by atoms with van der Waals surface area (Å²) in [5.41, 5.74) is 7.13. The van der Waals surface area contributed by atoms with Crippen molar-refractivity contribution in [3.05, 3.63) is 88.9 Å². The van der Waals surface area contributed by atoms with E-state index in [1.165, 1.54) is 22.2 Å². The standard InChI is InChI=1S/C25H23N3O2/c1-16-6-4-10-21(26-16)24-23-19(18-8-2-3-9-20(18)27-23)12-13-28(24)14-17-7-5-11-22-25(17)30-15-29-22/h2-11,24,27H,12-15H2,1H3. The second kappa shape index (κ2) is 6.89. The lowest BCUT2D eigenvalue weighted by Gasteiger charge is -2.35. The number of rotatable bonds is 3. The summed E-state index contributed by atoms with van der Waals surface area (Å²) in [5.74, 6) is 1.71. The summed E-state index contributed by atoms with van der Waals surface area (Å²) >= 11 is 0. The van der Waals surface area contributed by atoms with Crippen LogP contribution in [0.5, 0.6) is 11.5 Å². The van der Waals surface area contributed by atoms with E-state index in [4.69, 9.17) is 14.5 Å². The summed E-state index contributed by atoms with van der Waals surface area (Å²) in [4.78, 5) is 11.1. The molecule has 5 nitrogen and oxygen atoms in total. The van der Waals surface area contributed by atoms with Gasteiger partial charge in [-0.1, -0.05) is 36.4 Å². The Labute approximate surface area is 175 Å². The third-order valence-electron chi connectivity index (χ3n) is 6.18. The fourth-order valence-electron chi connectivity index (χ4n) is 4.85. The van der Waals surface area contributed by atoms with E-state index >= 15 is 0 Å². The first-order chi connectivity index (χ1) is 14.8. The van der Waals surface area contributed by atoms with Gasteiger partial charge < -0.3 is 14.5 Å². The largest absolute Gasteiger partial charge is 0.454 e. The molecule has 0 saturated heterocycles. The molecule has 5 heteroatoms. The monoisotopic (exact) mass is 397 g/mol. The maximum Gasteiger partial charge on any atom is 0.231 e. The number of nitrogens with one attached hydrogen (secondary N) is 1. The van der Waals surface area contributed by atoms with Gasteiger partial charge in [0.2, 0.25) is 6.79 Å². The van der Waals surface area contributed by atoms with Gasteiger partial charge in [-0.05, 0) is 43.2 Å². The molecule has 0 aliphatic carbocycles. The number of nitrogens with zero attached hydrogens (tertiary/aromatic N) is 2. The molecule has 1 unspecified atom stereocenters. The predicted octanol–water partition coefficient (Wildman–Crippen LogP) is 4.75. The maximum atomic E-state index is 5.78. The normalized spacial score (nSPS) is 18.0. The Bertz CT molecular complexity index is 1250. The maximum absolute atomic E-state index is 5.78. The van der Waals surface area contributed by atoms with Crippen molar-refractivity contribution in [2.24, 2.45) is 0 Å². The topological polar surface area (TPSA) is 50.4 Å². The second-order valence-electron chi connectivity index (χ2n) is 8.04. The van der Waals surface area contributed by atoms with Crippen molar-refractivity contribution in [3.8, 4) is 11.5 Å². The molecule has 30 heavy (non-hydrogen) atoms. The first-order valence-electron chi connectivity index (χ1n) is 10.4. The van der Waals surface area contributed by atoms with Gasteiger partial charge in [0.25, 0.3) is 0 Å². The Morgan fingerprint density at radius 3 is 2.87 bits per heavy atom. The van der Waals surface area contributed by atoms with Crippen molar-refractivity contribution in [2.45, 2.75) is 25.9 Å². The number of pyridine rings is 1. The van der Waals surface area contributed by atoms with Gasteiger partial charge in [0.05, 0.1) is 11.7 Å². The molecule has 4 heterocycles. The fourth-order valence-corrected chi connectivity index (χ4v) is 4.85. The van der Waals surface area contributed by atoms with Crippen LogP contribution in [0.2, 0.25) is 0 Å². The second-order valence-corrected chi connectivity index (χ2v) is 8.04. The summed E-state index contributed by atoms with van der Waals surface area (Å²) in [6.07, 6.45) is 1.01. The average molecular weight is 397 g/mol. The van der Waals surface area contributed by atoms with Gasteiger partial charge in [-0.3, -0.25) is 9.88 Å². The Morgan fingerprint density at radius 2 is 1.93 bits per heavy atom. The van der Waals surface area contributed by atoms with Crippen LogP contribution < -0.4 is 9.47 Å². The number of benzene rings is 2. The van der Waals surface area contributed by atoms with Crippen LogP contribution >= 0.6 is 0 Å². The lowest BCUT2D eigenvalue weighted by Crippen LogP contribution is -2.36. The number of ether oxygens (including phenoxy) is 2. The molecule has 2 aliphatic rings. The van der Waals surface area contributed by atoms with Crippen molar-refractivity contribution < 1.29 is 9.47 Å². The van der Waals surface area contributed by atoms with Crippen LogP contribution in [0.1, 0.15) is 34.3 Å². The highest BCUT2D eigenvalue weighted by molar-refractivity contribution is 5.85. The van der Waals surface area contributed by atoms with E-state index in [2.05, 4.69) is 65.3 Å². The molecular weight excluding hydrogens is 374 g/mol. The van der Waals surface area contributed by atoms with Gasteiger partial charge in [0, 0.05) is 40.9 Å². The SMILES string of the molecule is Cc1cccc(C2c3[nH]c4ccccc4c3CCN2Cc2cccc3c2OCO3)n1. The molecule has 4 aromatic rings. The van der Waals surface area contributed by atoms with Gasteiger partial charge >= 0.3 is 0 Å². The van der Waals surface area contributed by atoms with Gasteiger partial charge in [0.1, 0.15) is 0 Å². The van der Waals surface area contributed by atoms with Crippen LogP contribution in [-0.2, 0) is 13.0 Å². The fraction of sp³-hybridized carbons (Fsp3) is 0.240. The van der Waals surface area contributed by atoms with E-state index in [9.17, 15) is 0 Å². The predicted molar refractivity (Wildman–Crippen MR) is 116 cm³/mol. The first-order valence-corrected chi connectivity index (χ1v) is 10.4. The molecule has 0 spiro atoms. The zero-order valence-corrected chi connectivity index (χ0v) is 16.9. The molecule has 6 rings (SSSR count). The van der Waals surface area contributed by atoms with Crippen LogP contribution in [0, 0.1) is 6.92 Å². The van der Waals surface area contributed by atoms with E-state index in [1.807, 2.05) is 12.1 Å². The van der Waals surface area contributed by atoms with E-state index < -0.39 is 0 Å². The van der Waals surface area contributed by atoms with Gasteiger partial charge in [0.15, 0.2) is 11.5 Å². The van der Waals surface area contributed by atoms with Crippen LogP contribution in [0.3, 0.4) is 0 Å². The molecular formula is C25H23N3O2. The Hall–Kier alpha value is -3.31. The molecule has 150 valence electrons. The number of aromatic amines is 1. The number of hydrogen-bond acceptors (Lipinski definition) is 4. The quantitative estimate of drug-likeness (QED) is 0.542. The molecule has 0 amide bonds. The minimum Gasteiger partial charge on any atom is -0.454 e. The van der Waals surface area contributed by atoms with Crippen molar-refractivity contribution in [1.82, 2.24) is 14.9 Å². The zero-order chi connectivity index (χ0) is 20.1. The number of aromatic nitrogens is 2. The molecule has 2 aromatic carbocycles. The molecule has 0 fully saturated rings. The van der Waals surface area contributed by atoms with Crippen molar-refractivity contribution in [3.63, 3.8) is 0 Å². The minimum absolute atomic E-state index is 0.0687. The molecule has 1 N–H and O–H groups in total. The average Bonchev–Trinajstić information content (AvgIpc) is 3.38. The molecule has 1 atom stereocenters. The first kappa shape index (κ1) is 17.5. The Kier molecular flexibility index (Phi) is 4.03. The van der Waals surface area contributed by atoms with Crippen molar-refractivity contribution in [1.29, 1.82) is 0 Å². The van der Waals surface area contributed by atoms with E-state index in [1.54, 1.807) is 0 Å². The highest BCUT2D eigenvalue weighted by Crippen LogP contribution is 2.41. The van der Waals surface area contributed by atoms with Crippen molar-refractivity contribution >= 4 is 10.9 Å². The summed E-state index contributed by atoms with van der Waals surface area (Å²) in [5, 5.41) is 1.32. The number of hydrogen-bond donors (Lipinski definition) is 1. The molecule has 0 radical (unpaired) electrons. The zero-order valence-electron chi connectivity index (χ0n) is 16.9. The summed E-state index contributed by atoms with van der Waals surface area (Å²) in [6.45, 7) is 4.08. The third-order valence-corrected chi connectivity index (χ3v) is 6.18. The van der Waals surface area contributed by atoms with Crippen molar-refractivity contribution in [2.75, 3.05) is 13.3 Å². The van der Waals surface area contributed by atoms with Crippen LogP contribution in [-0.4, -0.2) is 28.2 Å².